The Morgan fingerprint density at radius 1 is 1.28 bits per heavy atom. The lowest BCUT2D eigenvalue weighted by molar-refractivity contribution is -0.125. The average molecular weight is 357 g/mol. The zero-order valence-electron chi connectivity index (χ0n) is 16.4. The Balaban J connectivity index is 2.73. The van der Waals surface area contributed by atoms with Crippen molar-refractivity contribution < 1.29 is 19.4 Å². The van der Waals surface area contributed by atoms with Gasteiger partial charge in [0.2, 0.25) is 5.91 Å². The van der Waals surface area contributed by atoms with Crippen LogP contribution < -0.4 is 16.0 Å². The standard InChI is InChI=1S/C18H35N3O4/c1-11(2)7-14(21-17(24)25-18(4,5)6)16(23)20-13-8-12(3)9-19-10-15(13)22/h11-15,19,22H,7-10H2,1-6H3,(H,20,23)(H,21,24)/t12?,13?,14?,15-/m0/s1. The van der Waals surface area contributed by atoms with E-state index < -0.39 is 23.8 Å². The Labute approximate surface area is 151 Å². The van der Waals surface area contributed by atoms with E-state index in [1.807, 2.05) is 13.8 Å². The van der Waals surface area contributed by atoms with E-state index in [4.69, 9.17) is 4.74 Å². The van der Waals surface area contributed by atoms with Crippen LogP contribution in [0, 0.1) is 11.8 Å². The zero-order chi connectivity index (χ0) is 19.2. The lowest BCUT2D eigenvalue weighted by Gasteiger charge is -2.28. The molecule has 4 atom stereocenters. The number of carbonyl (C=O) groups excluding carboxylic acids is 2. The molecule has 3 unspecified atom stereocenters. The molecule has 1 heterocycles. The molecule has 0 aromatic heterocycles. The molecule has 0 bridgehead atoms. The van der Waals surface area contributed by atoms with E-state index in [1.165, 1.54) is 0 Å². The zero-order valence-corrected chi connectivity index (χ0v) is 16.4. The number of hydrogen-bond acceptors (Lipinski definition) is 5. The maximum Gasteiger partial charge on any atom is 0.408 e. The van der Waals surface area contributed by atoms with Crippen LogP contribution in [-0.2, 0) is 9.53 Å². The first kappa shape index (κ1) is 21.7. The van der Waals surface area contributed by atoms with E-state index in [9.17, 15) is 14.7 Å². The second kappa shape index (κ2) is 9.38. The van der Waals surface area contributed by atoms with Crippen molar-refractivity contribution in [2.75, 3.05) is 13.1 Å². The molecule has 1 aliphatic rings. The Morgan fingerprint density at radius 3 is 2.48 bits per heavy atom. The number of amides is 2. The quantitative estimate of drug-likeness (QED) is 0.596. The van der Waals surface area contributed by atoms with Crippen molar-refractivity contribution >= 4 is 12.0 Å². The highest BCUT2D eigenvalue weighted by atomic mass is 16.6. The van der Waals surface area contributed by atoms with Gasteiger partial charge in [-0.25, -0.2) is 4.79 Å². The van der Waals surface area contributed by atoms with Gasteiger partial charge in [-0.15, -0.1) is 0 Å². The van der Waals surface area contributed by atoms with Gasteiger partial charge in [-0.05, 0) is 52.0 Å². The van der Waals surface area contributed by atoms with Crippen LogP contribution in [0.3, 0.4) is 0 Å². The van der Waals surface area contributed by atoms with Crippen molar-refractivity contribution in [3.8, 4) is 0 Å². The Hall–Kier alpha value is -1.34. The fourth-order valence-corrected chi connectivity index (χ4v) is 2.88. The van der Waals surface area contributed by atoms with Gasteiger partial charge >= 0.3 is 6.09 Å². The van der Waals surface area contributed by atoms with Crippen molar-refractivity contribution in [2.24, 2.45) is 11.8 Å². The summed E-state index contributed by atoms with van der Waals surface area (Å²) in [7, 11) is 0. The van der Waals surface area contributed by atoms with Gasteiger partial charge in [0.1, 0.15) is 11.6 Å². The van der Waals surface area contributed by atoms with Crippen molar-refractivity contribution in [3.05, 3.63) is 0 Å². The molecule has 7 heteroatoms. The average Bonchev–Trinajstić information content (AvgIpc) is 2.57. The lowest BCUT2D eigenvalue weighted by Crippen LogP contribution is -2.54. The summed E-state index contributed by atoms with van der Waals surface area (Å²) in [4.78, 5) is 24.7. The normalized spacial score (nSPS) is 25.8. The Morgan fingerprint density at radius 2 is 1.92 bits per heavy atom. The SMILES string of the molecule is CC(C)CC(NC(=O)OC(C)(C)C)C(=O)NC1CC(C)CNC[C@@H]1O. The summed E-state index contributed by atoms with van der Waals surface area (Å²) in [6, 6.07) is -1.01. The van der Waals surface area contributed by atoms with Crippen molar-refractivity contribution in [2.45, 2.75) is 78.2 Å². The molecule has 1 saturated heterocycles. The molecule has 1 rings (SSSR count). The largest absolute Gasteiger partial charge is 0.444 e. The van der Waals surface area contributed by atoms with Crippen LogP contribution in [0.5, 0.6) is 0 Å². The van der Waals surface area contributed by atoms with Gasteiger partial charge in [-0.3, -0.25) is 4.79 Å². The highest BCUT2D eigenvalue weighted by Crippen LogP contribution is 2.14. The first-order chi connectivity index (χ1) is 11.5. The summed E-state index contributed by atoms with van der Waals surface area (Å²) in [6.07, 6.45) is -0.0533. The van der Waals surface area contributed by atoms with Crippen LogP contribution >= 0.6 is 0 Å². The van der Waals surface area contributed by atoms with Gasteiger partial charge in [0, 0.05) is 6.54 Å². The summed E-state index contributed by atoms with van der Waals surface area (Å²) in [5, 5.41) is 19.0. The molecule has 1 fully saturated rings. The summed E-state index contributed by atoms with van der Waals surface area (Å²) in [5.74, 6) is 0.299. The van der Waals surface area contributed by atoms with Crippen LogP contribution in [0.2, 0.25) is 0 Å². The van der Waals surface area contributed by atoms with Gasteiger partial charge in [0.15, 0.2) is 0 Å². The molecule has 0 saturated carbocycles. The number of β-amino-alcohol motifs (C(OH)–C–C–N with tert-alkyl or cyclic N) is 1. The van der Waals surface area contributed by atoms with Crippen molar-refractivity contribution in [1.29, 1.82) is 0 Å². The third-order valence-corrected chi connectivity index (χ3v) is 4.01. The van der Waals surface area contributed by atoms with E-state index in [0.29, 0.717) is 25.3 Å². The summed E-state index contributed by atoms with van der Waals surface area (Å²) < 4.78 is 5.26. The maximum atomic E-state index is 12.7. The van der Waals surface area contributed by atoms with Gasteiger partial charge in [0.25, 0.3) is 0 Å². The fourth-order valence-electron chi connectivity index (χ4n) is 2.88. The number of carbonyl (C=O) groups is 2. The van der Waals surface area contributed by atoms with Crippen molar-refractivity contribution in [3.63, 3.8) is 0 Å². The lowest BCUT2D eigenvalue weighted by atomic mass is 9.98. The third kappa shape index (κ3) is 8.54. The van der Waals surface area contributed by atoms with E-state index in [-0.39, 0.29) is 17.9 Å². The molecular weight excluding hydrogens is 322 g/mol. The fraction of sp³-hybridized carbons (Fsp3) is 0.889. The minimum Gasteiger partial charge on any atom is -0.444 e. The summed E-state index contributed by atoms with van der Waals surface area (Å²) in [5.41, 5.74) is -0.623. The molecule has 2 amide bonds. The number of ether oxygens (including phenoxy) is 1. The van der Waals surface area contributed by atoms with Crippen molar-refractivity contribution in [1.82, 2.24) is 16.0 Å². The predicted octanol–water partition coefficient (Wildman–Crippen LogP) is 1.40. The predicted molar refractivity (Wildman–Crippen MR) is 97.2 cm³/mol. The molecular formula is C18H35N3O4. The molecule has 25 heavy (non-hydrogen) atoms. The van der Waals surface area contributed by atoms with Gasteiger partial charge in [-0.1, -0.05) is 20.8 Å². The number of aliphatic hydroxyl groups excluding tert-OH is 1. The number of aliphatic hydroxyl groups is 1. The minimum absolute atomic E-state index is 0.227. The first-order valence-corrected chi connectivity index (χ1v) is 9.16. The molecule has 0 aromatic carbocycles. The molecule has 0 aliphatic carbocycles. The van der Waals surface area contributed by atoms with Gasteiger partial charge < -0.3 is 25.8 Å². The van der Waals surface area contributed by atoms with E-state index in [2.05, 4.69) is 22.9 Å². The van der Waals surface area contributed by atoms with Crippen LogP contribution in [-0.4, -0.2) is 54.0 Å². The molecule has 146 valence electrons. The van der Waals surface area contributed by atoms with Crippen LogP contribution in [0.4, 0.5) is 4.79 Å². The number of rotatable bonds is 5. The Bertz CT molecular complexity index is 448. The number of nitrogens with one attached hydrogen (secondary N) is 3. The van der Waals surface area contributed by atoms with E-state index >= 15 is 0 Å². The molecule has 0 aromatic rings. The van der Waals surface area contributed by atoms with Crippen LogP contribution in [0.1, 0.15) is 54.4 Å². The molecule has 0 spiro atoms. The van der Waals surface area contributed by atoms with Gasteiger partial charge in [0.05, 0.1) is 12.1 Å². The second-order valence-corrected chi connectivity index (χ2v) is 8.51. The monoisotopic (exact) mass is 357 g/mol. The molecule has 1 aliphatic heterocycles. The molecule has 7 nitrogen and oxygen atoms in total. The van der Waals surface area contributed by atoms with Crippen LogP contribution in [0.25, 0.3) is 0 Å². The summed E-state index contributed by atoms with van der Waals surface area (Å²) >= 11 is 0. The highest BCUT2D eigenvalue weighted by Gasteiger charge is 2.30. The molecule has 4 N–H and O–H groups in total. The van der Waals surface area contributed by atoms with Gasteiger partial charge in [-0.2, -0.15) is 0 Å². The topological polar surface area (TPSA) is 99.7 Å². The minimum atomic E-state index is -0.687. The maximum absolute atomic E-state index is 12.7. The first-order valence-electron chi connectivity index (χ1n) is 9.16. The van der Waals surface area contributed by atoms with E-state index in [0.717, 1.165) is 6.54 Å². The smallest absolute Gasteiger partial charge is 0.408 e. The highest BCUT2D eigenvalue weighted by molar-refractivity contribution is 5.86. The summed E-state index contributed by atoms with van der Waals surface area (Å²) in [6.45, 7) is 12.7. The Kier molecular flexibility index (Phi) is 8.15. The number of alkyl carbamates (subject to hydrolysis) is 1. The van der Waals surface area contributed by atoms with E-state index in [1.54, 1.807) is 20.8 Å². The van der Waals surface area contributed by atoms with Crippen LogP contribution in [0.15, 0.2) is 0 Å². The third-order valence-electron chi connectivity index (χ3n) is 4.01. The molecule has 0 radical (unpaired) electrons. The second-order valence-electron chi connectivity index (χ2n) is 8.51. The number of hydrogen-bond donors (Lipinski definition) is 4.